The lowest BCUT2D eigenvalue weighted by atomic mass is 10.1. The standard InChI is InChI=1S/C14H22N4O/c1-4-12(15-6-3)11-7-8-18(9-11)10-14-16-13(5-2)17-19-14/h7-9,12,15H,4-6,10H2,1-3H3. The Balaban J connectivity index is 2.04. The second-order valence-corrected chi connectivity index (χ2v) is 4.59. The number of aromatic nitrogens is 3. The summed E-state index contributed by atoms with van der Waals surface area (Å²) in [5, 5.41) is 7.38. The van der Waals surface area contributed by atoms with Crippen molar-refractivity contribution in [3.05, 3.63) is 35.7 Å². The largest absolute Gasteiger partial charge is 0.345 e. The van der Waals surface area contributed by atoms with E-state index >= 15 is 0 Å². The second-order valence-electron chi connectivity index (χ2n) is 4.59. The molecular formula is C14H22N4O. The molecule has 0 aliphatic heterocycles. The van der Waals surface area contributed by atoms with Gasteiger partial charge in [-0.3, -0.25) is 0 Å². The molecule has 5 nitrogen and oxygen atoms in total. The molecule has 19 heavy (non-hydrogen) atoms. The molecule has 2 rings (SSSR count). The van der Waals surface area contributed by atoms with Crippen LogP contribution in [0.15, 0.2) is 23.0 Å². The number of hydrogen-bond acceptors (Lipinski definition) is 4. The Morgan fingerprint density at radius 2 is 2.21 bits per heavy atom. The van der Waals surface area contributed by atoms with Crippen LogP contribution in [0, 0.1) is 0 Å². The highest BCUT2D eigenvalue weighted by Crippen LogP contribution is 2.17. The van der Waals surface area contributed by atoms with Crippen molar-refractivity contribution in [2.24, 2.45) is 0 Å². The molecule has 0 aliphatic rings. The fourth-order valence-electron chi connectivity index (χ4n) is 2.16. The van der Waals surface area contributed by atoms with Crippen molar-refractivity contribution in [1.29, 1.82) is 0 Å². The summed E-state index contributed by atoms with van der Waals surface area (Å²) in [5.41, 5.74) is 1.31. The van der Waals surface area contributed by atoms with E-state index in [1.165, 1.54) is 5.56 Å². The van der Waals surface area contributed by atoms with Gasteiger partial charge >= 0.3 is 0 Å². The van der Waals surface area contributed by atoms with Gasteiger partial charge in [0, 0.05) is 24.9 Å². The molecule has 0 fully saturated rings. The summed E-state index contributed by atoms with van der Waals surface area (Å²) in [6.07, 6.45) is 6.09. The lowest BCUT2D eigenvalue weighted by molar-refractivity contribution is 0.366. The van der Waals surface area contributed by atoms with Crippen LogP contribution in [0.4, 0.5) is 0 Å². The molecule has 0 radical (unpaired) electrons. The normalized spacial score (nSPS) is 12.8. The lowest BCUT2D eigenvalue weighted by Gasteiger charge is -2.13. The van der Waals surface area contributed by atoms with E-state index in [-0.39, 0.29) is 0 Å². The molecule has 1 atom stereocenters. The molecule has 0 saturated heterocycles. The lowest BCUT2D eigenvalue weighted by Crippen LogP contribution is -2.19. The molecule has 0 saturated carbocycles. The molecule has 1 unspecified atom stereocenters. The zero-order chi connectivity index (χ0) is 13.7. The molecule has 2 aromatic heterocycles. The van der Waals surface area contributed by atoms with Gasteiger partial charge in [-0.05, 0) is 24.6 Å². The van der Waals surface area contributed by atoms with Gasteiger partial charge in [0.25, 0.3) is 0 Å². The number of hydrogen-bond donors (Lipinski definition) is 1. The summed E-state index contributed by atoms with van der Waals surface area (Å²) in [4.78, 5) is 4.32. The van der Waals surface area contributed by atoms with E-state index < -0.39 is 0 Å². The van der Waals surface area contributed by atoms with Gasteiger partial charge in [0.2, 0.25) is 5.89 Å². The van der Waals surface area contributed by atoms with E-state index in [4.69, 9.17) is 4.52 Å². The number of nitrogens with zero attached hydrogens (tertiary/aromatic N) is 3. The van der Waals surface area contributed by atoms with Gasteiger partial charge in [-0.15, -0.1) is 0 Å². The van der Waals surface area contributed by atoms with Crippen LogP contribution in [-0.4, -0.2) is 21.3 Å². The van der Waals surface area contributed by atoms with Crippen LogP contribution >= 0.6 is 0 Å². The minimum absolute atomic E-state index is 0.417. The summed E-state index contributed by atoms with van der Waals surface area (Å²) in [5.74, 6) is 1.43. The third-order valence-electron chi connectivity index (χ3n) is 3.18. The van der Waals surface area contributed by atoms with Crippen molar-refractivity contribution < 1.29 is 4.52 Å². The predicted octanol–water partition coefficient (Wildman–Crippen LogP) is 2.54. The molecule has 0 spiro atoms. The van der Waals surface area contributed by atoms with Crippen molar-refractivity contribution >= 4 is 0 Å². The molecule has 0 amide bonds. The van der Waals surface area contributed by atoms with E-state index in [0.29, 0.717) is 18.5 Å². The maximum absolute atomic E-state index is 5.21. The van der Waals surface area contributed by atoms with Crippen molar-refractivity contribution in [1.82, 2.24) is 20.0 Å². The van der Waals surface area contributed by atoms with Crippen LogP contribution in [-0.2, 0) is 13.0 Å². The van der Waals surface area contributed by atoms with Crippen molar-refractivity contribution in [2.75, 3.05) is 6.54 Å². The molecule has 0 aromatic carbocycles. The average Bonchev–Trinajstić information content (AvgIpc) is 3.05. The fraction of sp³-hybridized carbons (Fsp3) is 0.571. The minimum Gasteiger partial charge on any atom is -0.345 e. The van der Waals surface area contributed by atoms with Gasteiger partial charge in [0.1, 0.15) is 6.54 Å². The smallest absolute Gasteiger partial charge is 0.246 e. The van der Waals surface area contributed by atoms with Crippen molar-refractivity contribution in [3.8, 4) is 0 Å². The Morgan fingerprint density at radius 1 is 1.37 bits per heavy atom. The first kappa shape index (κ1) is 13.8. The first-order valence-electron chi connectivity index (χ1n) is 6.97. The SMILES string of the molecule is CCNC(CC)c1ccn(Cc2nc(CC)no2)c1. The van der Waals surface area contributed by atoms with Crippen LogP contribution in [0.25, 0.3) is 0 Å². The van der Waals surface area contributed by atoms with Crippen molar-refractivity contribution in [2.45, 2.75) is 46.2 Å². The number of nitrogens with one attached hydrogen (secondary N) is 1. The van der Waals surface area contributed by atoms with Crippen LogP contribution < -0.4 is 5.32 Å². The predicted molar refractivity (Wildman–Crippen MR) is 73.9 cm³/mol. The molecular weight excluding hydrogens is 240 g/mol. The summed E-state index contributed by atoms with van der Waals surface area (Å²) >= 11 is 0. The summed E-state index contributed by atoms with van der Waals surface area (Å²) < 4.78 is 7.29. The van der Waals surface area contributed by atoms with E-state index in [9.17, 15) is 0 Å². The minimum atomic E-state index is 0.417. The molecule has 1 N–H and O–H groups in total. The highest BCUT2D eigenvalue weighted by molar-refractivity contribution is 5.15. The van der Waals surface area contributed by atoms with E-state index in [2.05, 4.69) is 52.3 Å². The van der Waals surface area contributed by atoms with Gasteiger partial charge < -0.3 is 14.4 Å². The Labute approximate surface area is 114 Å². The summed E-state index contributed by atoms with van der Waals surface area (Å²) in [6.45, 7) is 7.95. The Bertz CT molecular complexity index is 503. The van der Waals surface area contributed by atoms with Crippen molar-refractivity contribution in [3.63, 3.8) is 0 Å². The zero-order valence-electron chi connectivity index (χ0n) is 11.9. The highest BCUT2D eigenvalue weighted by Gasteiger charge is 2.10. The summed E-state index contributed by atoms with van der Waals surface area (Å²) in [6, 6.07) is 2.56. The topological polar surface area (TPSA) is 55.9 Å². The van der Waals surface area contributed by atoms with E-state index in [0.717, 1.165) is 25.2 Å². The van der Waals surface area contributed by atoms with Gasteiger partial charge in [0.05, 0.1) is 0 Å². The van der Waals surface area contributed by atoms with Gasteiger partial charge in [-0.25, -0.2) is 0 Å². The third kappa shape index (κ3) is 3.44. The van der Waals surface area contributed by atoms with Crippen LogP contribution in [0.1, 0.15) is 50.5 Å². The summed E-state index contributed by atoms with van der Waals surface area (Å²) in [7, 11) is 0. The maximum atomic E-state index is 5.21. The zero-order valence-corrected chi connectivity index (χ0v) is 11.9. The van der Waals surface area contributed by atoms with E-state index in [1.807, 2.05) is 6.92 Å². The Kier molecular flexibility index (Phi) is 4.74. The molecule has 5 heteroatoms. The Hall–Kier alpha value is -1.62. The fourth-order valence-corrected chi connectivity index (χ4v) is 2.16. The monoisotopic (exact) mass is 262 g/mol. The quantitative estimate of drug-likeness (QED) is 0.833. The molecule has 0 aliphatic carbocycles. The maximum Gasteiger partial charge on any atom is 0.246 e. The van der Waals surface area contributed by atoms with Gasteiger partial charge in [-0.2, -0.15) is 4.98 Å². The third-order valence-corrected chi connectivity index (χ3v) is 3.18. The molecule has 104 valence electrons. The van der Waals surface area contributed by atoms with Gasteiger partial charge in [-0.1, -0.05) is 25.9 Å². The Morgan fingerprint density at radius 3 is 2.84 bits per heavy atom. The van der Waals surface area contributed by atoms with Gasteiger partial charge in [0.15, 0.2) is 5.82 Å². The van der Waals surface area contributed by atoms with Crippen LogP contribution in [0.5, 0.6) is 0 Å². The van der Waals surface area contributed by atoms with E-state index in [1.54, 1.807) is 0 Å². The van der Waals surface area contributed by atoms with Crippen LogP contribution in [0.2, 0.25) is 0 Å². The first-order valence-corrected chi connectivity index (χ1v) is 6.97. The molecule has 0 bridgehead atoms. The molecule has 2 heterocycles. The number of rotatable bonds is 7. The first-order chi connectivity index (χ1) is 9.26. The second kappa shape index (κ2) is 6.52. The molecule has 2 aromatic rings. The average molecular weight is 262 g/mol. The highest BCUT2D eigenvalue weighted by atomic mass is 16.5. The number of aryl methyl sites for hydroxylation is 1. The van der Waals surface area contributed by atoms with Crippen LogP contribution in [0.3, 0.4) is 0 Å².